The molecule has 0 radical (unpaired) electrons. The zero-order chi connectivity index (χ0) is 24.0. The minimum absolute atomic E-state index is 0.00832. The first-order chi connectivity index (χ1) is 16.4. The van der Waals surface area contributed by atoms with Gasteiger partial charge in [0.1, 0.15) is 29.2 Å². The second kappa shape index (κ2) is 8.98. The Labute approximate surface area is 210 Å². The number of fused-ring (bicyclic) bond motifs is 2. The Hall–Kier alpha value is -3.01. The number of aromatic nitrogens is 3. The molecule has 11 nitrogen and oxygen atoms in total. The molecule has 2 aliphatic heterocycles. The number of nitrogens with one attached hydrogen (secondary N) is 1. The molecule has 3 N–H and O–H groups in total. The maximum atomic E-state index is 13.1. The number of nitrogens with two attached hydrogens (primary N) is 1. The second-order valence-corrected chi connectivity index (χ2v) is 10.4. The Morgan fingerprint density at radius 1 is 1.32 bits per heavy atom. The first-order valence-corrected chi connectivity index (χ1v) is 12.8. The van der Waals surface area contributed by atoms with Gasteiger partial charge in [0.2, 0.25) is 16.7 Å². The van der Waals surface area contributed by atoms with E-state index in [2.05, 4.69) is 37.4 Å². The highest BCUT2D eigenvalue weighted by molar-refractivity contribution is 8.00. The zero-order valence-electron chi connectivity index (χ0n) is 17.3. The maximum absolute atomic E-state index is 13.1. The summed E-state index contributed by atoms with van der Waals surface area (Å²) in [5.41, 5.74) is 7.02. The van der Waals surface area contributed by atoms with Crippen molar-refractivity contribution in [1.82, 2.24) is 24.6 Å². The molecule has 2 aromatic heterocycles. The fraction of sp³-hybridized carbons (Fsp3) is 0.211. The van der Waals surface area contributed by atoms with E-state index in [1.54, 1.807) is 0 Å². The van der Waals surface area contributed by atoms with Gasteiger partial charge in [0.15, 0.2) is 5.13 Å². The Kier molecular flexibility index (Phi) is 6.01. The number of oxime groups is 1. The van der Waals surface area contributed by atoms with Gasteiger partial charge in [-0.2, -0.15) is 9.36 Å². The molecule has 34 heavy (non-hydrogen) atoms. The summed E-state index contributed by atoms with van der Waals surface area (Å²) in [7, 11) is 1.27. The Balaban J connectivity index is 1.41. The van der Waals surface area contributed by atoms with Gasteiger partial charge < -0.3 is 15.9 Å². The third-order valence-electron chi connectivity index (χ3n) is 5.06. The summed E-state index contributed by atoms with van der Waals surface area (Å²) in [6.07, 6.45) is 0. The largest absolute Gasteiger partial charge is 0.398 e. The van der Waals surface area contributed by atoms with Crippen molar-refractivity contribution in [2.24, 2.45) is 5.16 Å². The van der Waals surface area contributed by atoms with Gasteiger partial charge in [-0.3, -0.25) is 19.3 Å². The number of thiazole rings is 1. The predicted octanol–water partition coefficient (Wildman–Crippen LogP) is 1.35. The lowest BCUT2D eigenvalue weighted by molar-refractivity contribution is -0.145. The van der Waals surface area contributed by atoms with Gasteiger partial charge >= 0.3 is 0 Å². The molecule has 0 spiro atoms. The number of anilines is 1. The molecule has 5 rings (SSSR count). The van der Waals surface area contributed by atoms with Crippen LogP contribution in [0.2, 0.25) is 0 Å². The molecule has 1 fully saturated rings. The normalized spacial score (nSPS) is 20.2. The van der Waals surface area contributed by atoms with Crippen molar-refractivity contribution in [3.63, 3.8) is 0 Å². The van der Waals surface area contributed by atoms with Crippen LogP contribution in [0, 0.1) is 0 Å². The third kappa shape index (κ3) is 3.83. The summed E-state index contributed by atoms with van der Waals surface area (Å²) in [5, 5.41) is 6.11. The number of thioether (sulfide) groups is 1. The molecule has 0 aliphatic carbocycles. The minimum Gasteiger partial charge on any atom is -0.398 e. The molecule has 0 saturated carbocycles. The van der Waals surface area contributed by atoms with E-state index in [4.69, 9.17) is 10.6 Å². The molecule has 0 bridgehead atoms. The van der Waals surface area contributed by atoms with Crippen molar-refractivity contribution in [2.75, 3.05) is 18.6 Å². The van der Waals surface area contributed by atoms with E-state index in [9.17, 15) is 14.4 Å². The Bertz CT molecular complexity index is 1360. The number of para-hydroxylation sites is 1. The number of hydrogen-bond acceptors (Lipinski definition) is 12. The minimum atomic E-state index is -0.880. The van der Waals surface area contributed by atoms with Crippen molar-refractivity contribution in [2.45, 2.75) is 11.4 Å². The molecule has 1 aromatic carbocycles. The number of thiol groups is 1. The number of nitrogens with zero attached hydrogens (tertiary/aromatic N) is 5. The molecule has 1 unspecified atom stereocenters. The summed E-state index contributed by atoms with van der Waals surface area (Å²) in [5.74, 6) is -0.723. The van der Waals surface area contributed by atoms with Gasteiger partial charge in [0.05, 0.1) is 10.2 Å². The molecule has 2 amide bonds. The van der Waals surface area contributed by atoms with Crippen LogP contribution in [0.25, 0.3) is 15.8 Å². The second-order valence-electron chi connectivity index (χ2n) is 7.06. The lowest BCUT2D eigenvalue weighted by Crippen LogP contribution is -2.70. The molecule has 2 atom stereocenters. The van der Waals surface area contributed by atoms with Gasteiger partial charge in [-0.1, -0.05) is 29.9 Å². The highest BCUT2D eigenvalue weighted by atomic mass is 32.2. The van der Waals surface area contributed by atoms with Crippen LogP contribution in [0.15, 0.2) is 35.1 Å². The quantitative estimate of drug-likeness (QED) is 0.184. The molecule has 15 heteroatoms. The Morgan fingerprint density at radius 3 is 2.79 bits per heavy atom. The van der Waals surface area contributed by atoms with E-state index < -0.39 is 28.3 Å². The van der Waals surface area contributed by atoms with E-state index in [-0.39, 0.29) is 22.4 Å². The van der Waals surface area contributed by atoms with Crippen LogP contribution in [0.4, 0.5) is 5.13 Å². The number of benzene rings is 1. The number of nitrogen functional groups attached to an aromatic ring is 1. The van der Waals surface area contributed by atoms with Crippen LogP contribution in [0.5, 0.6) is 0 Å². The molecule has 174 valence electrons. The topological polar surface area (TPSA) is 153 Å². The third-order valence-corrected chi connectivity index (χ3v) is 8.19. The zero-order valence-corrected chi connectivity index (χ0v) is 20.6. The van der Waals surface area contributed by atoms with Gasteiger partial charge in [-0.25, -0.2) is 4.98 Å². The van der Waals surface area contributed by atoms with Gasteiger partial charge in [0, 0.05) is 22.9 Å². The predicted molar refractivity (Wildman–Crippen MR) is 133 cm³/mol. The lowest BCUT2D eigenvalue weighted by atomic mass is 10.0. The molecular formula is C19H15N7O4S4. The van der Waals surface area contributed by atoms with E-state index in [1.807, 2.05) is 24.3 Å². The van der Waals surface area contributed by atoms with Crippen LogP contribution in [0.1, 0.15) is 10.8 Å². The van der Waals surface area contributed by atoms with E-state index in [1.165, 1.54) is 35.1 Å². The van der Waals surface area contributed by atoms with Crippen LogP contribution < -0.4 is 11.1 Å². The van der Waals surface area contributed by atoms with Gasteiger partial charge in [0.25, 0.3) is 11.8 Å². The number of amides is 2. The molecule has 2 aliphatic rings. The number of β-lactam (4-membered cyclic amide) rings is 1. The highest BCUT2D eigenvalue weighted by Gasteiger charge is 2.54. The highest BCUT2D eigenvalue weighted by Crippen LogP contribution is 2.45. The summed E-state index contributed by atoms with van der Waals surface area (Å²) >= 11 is 7.79. The first kappa shape index (κ1) is 22.8. The molecule has 4 heterocycles. The van der Waals surface area contributed by atoms with E-state index in [0.29, 0.717) is 16.3 Å². The van der Waals surface area contributed by atoms with Crippen LogP contribution in [-0.4, -0.2) is 66.2 Å². The first-order valence-electron chi connectivity index (χ1n) is 9.67. The van der Waals surface area contributed by atoms with Crippen LogP contribution in [-0.2, 0) is 19.2 Å². The standard InChI is InChI=1S/C19H15N7O4S4/c1-30-24-10(13-23-19(20)34-25-13)14(27)22-11-16(28)26-12(18(29)31)7(6-32-17(11)26)15-21-8-4-2-3-5-9(8)33-15/h2-5,11,17H,6H2,1H3,(H,22,27)(H,29,31)(H2,20,23,25)/b24-10-/t11?,17-/m1/s1. The monoisotopic (exact) mass is 533 g/mol. The van der Waals surface area contributed by atoms with Gasteiger partial charge in [-0.15, -0.1) is 23.1 Å². The number of carbonyl (C=O) groups excluding carboxylic acids is 3. The average molecular weight is 534 g/mol. The van der Waals surface area contributed by atoms with E-state index >= 15 is 0 Å². The fourth-order valence-electron chi connectivity index (χ4n) is 3.60. The average Bonchev–Trinajstić information content (AvgIpc) is 3.45. The Morgan fingerprint density at radius 2 is 2.12 bits per heavy atom. The fourth-order valence-corrected chi connectivity index (χ4v) is 6.72. The van der Waals surface area contributed by atoms with Crippen LogP contribution in [0.3, 0.4) is 0 Å². The number of carbonyl (C=O) groups is 3. The van der Waals surface area contributed by atoms with Gasteiger partial charge in [-0.05, 0) is 12.1 Å². The van der Waals surface area contributed by atoms with Crippen molar-refractivity contribution >= 4 is 90.8 Å². The van der Waals surface area contributed by atoms with Crippen molar-refractivity contribution in [3.05, 3.63) is 40.8 Å². The van der Waals surface area contributed by atoms with Crippen molar-refractivity contribution < 1.29 is 19.2 Å². The SMILES string of the molecule is CO/N=C(\C(=O)NC1C(=O)N2C(C(=O)S)=C(c3nc4ccccc4s3)CS[C@H]12)c1nsc(N)n1. The number of hydrogen-bond donors (Lipinski definition) is 3. The summed E-state index contributed by atoms with van der Waals surface area (Å²) in [6.45, 7) is 0. The molecule has 3 aromatic rings. The van der Waals surface area contributed by atoms with Crippen molar-refractivity contribution in [1.29, 1.82) is 0 Å². The lowest BCUT2D eigenvalue weighted by Gasteiger charge is -2.49. The molecular weight excluding hydrogens is 519 g/mol. The summed E-state index contributed by atoms with van der Waals surface area (Å²) in [6, 6.07) is 6.76. The summed E-state index contributed by atoms with van der Waals surface area (Å²) in [4.78, 5) is 53.0. The summed E-state index contributed by atoms with van der Waals surface area (Å²) < 4.78 is 4.95. The van der Waals surface area contributed by atoms with E-state index in [0.717, 1.165) is 21.7 Å². The maximum Gasteiger partial charge on any atom is 0.278 e. The molecule has 1 saturated heterocycles. The van der Waals surface area contributed by atoms with Crippen LogP contribution >= 0.6 is 47.3 Å². The van der Waals surface area contributed by atoms with Crippen molar-refractivity contribution in [3.8, 4) is 0 Å². The smallest absolute Gasteiger partial charge is 0.278 e. The number of rotatable bonds is 6.